The highest BCUT2D eigenvalue weighted by Gasteiger charge is 2.24. The van der Waals surface area contributed by atoms with Gasteiger partial charge in [0.2, 0.25) is 0 Å². The summed E-state index contributed by atoms with van der Waals surface area (Å²) in [5.74, 6) is 0. The van der Waals surface area contributed by atoms with Crippen molar-refractivity contribution in [3.8, 4) is 5.69 Å². The van der Waals surface area contributed by atoms with E-state index < -0.39 is 12.2 Å². The second kappa shape index (κ2) is 5.87. The maximum atomic E-state index is 10.4. The molecule has 0 fully saturated rings. The minimum atomic E-state index is -1.11. The molecule has 0 aliphatic rings. The average molecular weight is 281 g/mol. The Labute approximate surface area is 122 Å². The van der Waals surface area contributed by atoms with Gasteiger partial charge in [0, 0.05) is 0 Å². The molecular formula is C16H15N3O2. The van der Waals surface area contributed by atoms with E-state index in [9.17, 15) is 10.2 Å². The topological polar surface area (TPSA) is 71.2 Å². The van der Waals surface area contributed by atoms with Crippen LogP contribution in [0.1, 0.15) is 23.5 Å². The van der Waals surface area contributed by atoms with E-state index in [2.05, 4.69) is 10.3 Å². The van der Waals surface area contributed by atoms with Gasteiger partial charge in [-0.25, -0.2) is 4.68 Å². The molecule has 0 amide bonds. The van der Waals surface area contributed by atoms with Crippen LogP contribution in [-0.2, 0) is 0 Å². The predicted octanol–water partition coefficient (Wildman–Crippen LogP) is 2.03. The predicted molar refractivity (Wildman–Crippen MR) is 77.7 cm³/mol. The van der Waals surface area contributed by atoms with Gasteiger partial charge in [0.25, 0.3) is 0 Å². The third kappa shape index (κ3) is 2.69. The first-order valence-electron chi connectivity index (χ1n) is 6.64. The van der Waals surface area contributed by atoms with E-state index >= 15 is 0 Å². The van der Waals surface area contributed by atoms with E-state index in [0.717, 1.165) is 5.69 Å². The molecule has 1 heterocycles. The molecule has 2 N–H and O–H groups in total. The lowest BCUT2D eigenvalue weighted by Crippen LogP contribution is -2.14. The molecule has 0 bridgehead atoms. The SMILES string of the molecule is OC(c1ccccc1)C(O)c1cnnn1-c1ccccc1. The van der Waals surface area contributed by atoms with Gasteiger partial charge in [0.15, 0.2) is 0 Å². The van der Waals surface area contributed by atoms with E-state index in [-0.39, 0.29) is 0 Å². The molecule has 106 valence electrons. The maximum Gasteiger partial charge on any atom is 0.128 e. The molecule has 1 aromatic heterocycles. The van der Waals surface area contributed by atoms with E-state index in [1.165, 1.54) is 10.9 Å². The Morgan fingerprint density at radius 2 is 1.43 bits per heavy atom. The Morgan fingerprint density at radius 3 is 2.10 bits per heavy atom. The van der Waals surface area contributed by atoms with Crippen LogP contribution in [0.2, 0.25) is 0 Å². The summed E-state index contributed by atoms with van der Waals surface area (Å²) in [4.78, 5) is 0. The van der Waals surface area contributed by atoms with Crippen molar-refractivity contribution in [2.45, 2.75) is 12.2 Å². The summed E-state index contributed by atoms with van der Waals surface area (Å²) in [6.45, 7) is 0. The summed E-state index contributed by atoms with van der Waals surface area (Å²) in [6, 6.07) is 18.4. The molecule has 0 spiro atoms. The molecule has 0 saturated carbocycles. The van der Waals surface area contributed by atoms with Crippen molar-refractivity contribution in [1.82, 2.24) is 15.0 Å². The summed E-state index contributed by atoms with van der Waals surface area (Å²) in [6.07, 6.45) is -0.682. The molecule has 0 radical (unpaired) electrons. The number of hydrogen-bond acceptors (Lipinski definition) is 4. The summed E-state index contributed by atoms with van der Waals surface area (Å²) in [7, 11) is 0. The van der Waals surface area contributed by atoms with Gasteiger partial charge >= 0.3 is 0 Å². The molecular weight excluding hydrogens is 266 g/mol. The van der Waals surface area contributed by atoms with Crippen molar-refractivity contribution >= 4 is 0 Å². The molecule has 21 heavy (non-hydrogen) atoms. The highest BCUT2D eigenvalue weighted by atomic mass is 16.3. The van der Waals surface area contributed by atoms with E-state index in [4.69, 9.17) is 0 Å². The fraction of sp³-hybridized carbons (Fsp3) is 0.125. The van der Waals surface area contributed by atoms with Crippen LogP contribution in [0, 0.1) is 0 Å². The fourth-order valence-electron chi connectivity index (χ4n) is 2.21. The Hall–Kier alpha value is -2.50. The third-order valence-electron chi connectivity index (χ3n) is 3.32. The Morgan fingerprint density at radius 1 is 0.810 bits per heavy atom. The van der Waals surface area contributed by atoms with Gasteiger partial charge < -0.3 is 10.2 Å². The van der Waals surface area contributed by atoms with Crippen LogP contribution in [0.15, 0.2) is 66.9 Å². The van der Waals surface area contributed by atoms with Gasteiger partial charge in [-0.3, -0.25) is 0 Å². The molecule has 2 unspecified atom stereocenters. The molecule has 2 aromatic carbocycles. The summed E-state index contributed by atoms with van der Waals surface area (Å²) >= 11 is 0. The smallest absolute Gasteiger partial charge is 0.128 e. The minimum absolute atomic E-state index is 0.442. The summed E-state index contributed by atoms with van der Waals surface area (Å²) in [5.41, 5.74) is 1.87. The number of para-hydroxylation sites is 1. The second-order valence-corrected chi connectivity index (χ2v) is 4.71. The monoisotopic (exact) mass is 281 g/mol. The van der Waals surface area contributed by atoms with Gasteiger partial charge in [0.1, 0.15) is 12.2 Å². The molecule has 5 heteroatoms. The number of aliphatic hydroxyl groups excluding tert-OH is 2. The Kier molecular flexibility index (Phi) is 3.77. The minimum Gasteiger partial charge on any atom is -0.385 e. The average Bonchev–Trinajstić information content (AvgIpc) is 3.04. The van der Waals surface area contributed by atoms with Crippen molar-refractivity contribution in [3.63, 3.8) is 0 Å². The van der Waals surface area contributed by atoms with Gasteiger partial charge in [-0.2, -0.15) is 0 Å². The quantitative estimate of drug-likeness (QED) is 0.767. The van der Waals surface area contributed by atoms with Crippen LogP contribution in [-0.4, -0.2) is 25.2 Å². The Balaban J connectivity index is 1.93. The van der Waals surface area contributed by atoms with Crippen LogP contribution in [0.5, 0.6) is 0 Å². The molecule has 0 aliphatic carbocycles. The highest BCUT2D eigenvalue weighted by Crippen LogP contribution is 2.28. The zero-order valence-corrected chi connectivity index (χ0v) is 11.2. The van der Waals surface area contributed by atoms with Crippen LogP contribution >= 0.6 is 0 Å². The van der Waals surface area contributed by atoms with Gasteiger partial charge in [0.05, 0.1) is 17.6 Å². The number of benzene rings is 2. The van der Waals surface area contributed by atoms with Crippen molar-refractivity contribution in [3.05, 3.63) is 78.1 Å². The highest BCUT2D eigenvalue weighted by molar-refractivity contribution is 5.32. The van der Waals surface area contributed by atoms with Crippen molar-refractivity contribution < 1.29 is 10.2 Å². The summed E-state index contributed by atoms with van der Waals surface area (Å²) < 4.78 is 1.52. The number of rotatable bonds is 4. The maximum absolute atomic E-state index is 10.4. The standard InChI is InChI=1S/C16H15N3O2/c20-15(12-7-3-1-4-8-12)16(21)14-11-17-18-19(14)13-9-5-2-6-10-13/h1-11,15-16,20-21H. The van der Waals surface area contributed by atoms with Crippen LogP contribution < -0.4 is 0 Å². The fourth-order valence-corrected chi connectivity index (χ4v) is 2.21. The first kappa shape index (κ1) is 13.5. The number of aromatic nitrogens is 3. The lowest BCUT2D eigenvalue weighted by atomic mass is 10.0. The van der Waals surface area contributed by atoms with Crippen molar-refractivity contribution in [2.24, 2.45) is 0 Å². The lowest BCUT2D eigenvalue weighted by Gasteiger charge is -2.18. The number of hydrogen-bond donors (Lipinski definition) is 2. The zero-order valence-electron chi connectivity index (χ0n) is 11.2. The second-order valence-electron chi connectivity index (χ2n) is 4.71. The van der Waals surface area contributed by atoms with Gasteiger partial charge in [-0.1, -0.05) is 53.7 Å². The molecule has 0 aliphatic heterocycles. The van der Waals surface area contributed by atoms with Crippen LogP contribution in [0.4, 0.5) is 0 Å². The van der Waals surface area contributed by atoms with Gasteiger partial charge in [-0.05, 0) is 17.7 Å². The van der Waals surface area contributed by atoms with Crippen molar-refractivity contribution in [2.75, 3.05) is 0 Å². The molecule has 3 aromatic rings. The molecule has 5 nitrogen and oxygen atoms in total. The third-order valence-corrected chi connectivity index (χ3v) is 3.32. The number of nitrogens with zero attached hydrogens (tertiary/aromatic N) is 3. The van der Waals surface area contributed by atoms with E-state index in [1.54, 1.807) is 12.1 Å². The molecule has 0 saturated heterocycles. The largest absolute Gasteiger partial charge is 0.385 e. The summed E-state index contributed by atoms with van der Waals surface area (Å²) in [5, 5.41) is 28.6. The van der Waals surface area contributed by atoms with Crippen LogP contribution in [0.25, 0.3) is 5.69 Å². The Bertz CT molecular complexity index is 698. The zero-order chi connectivity index (χ0) is 14.7. The first-order valence-corrected chi connectivity index (χ1v) is 6.64. The van der Waals surface area contributed by atoms with Crippen molar-refractivity contribution in [1.29, 1.82) is 0 Å². The normalized spacial score (nSPS) is 13.8. The number of aliphatic hydroxyl groups is 2. The van der Waals surface area contributed by atoms with Crippen LogP contribution in [0.3, 0.4) is 0 Å². The van der Waals surface area contributed by atoms with Gasteiger partial charge in [-0.15, -0.1) is 5.10 Å². The van der Waals surface area contributed by atoms with E-state index in [0.29, 0.717) is 11.3 Å². The first-order chi connectivity index (χ1) is 10.3. The molecule has 3 rings (SSSR count). The molecule has 2 atom stereocenters. The van der Waals surface area contributed by atoms with E-state index in [1.807, 2.05) is 48.5 Å². The lowest BCUT2D eigenvalue weighted by molar-refractivity contribution is 0.0132.